The van der Waals surface area contributed by atoms with E-state index in [1.54, 1.807) is 39.3 Å². The molecule has 2 N–H and O–H groups in total. The summed E-state index contributed by atoms with van der Waals surface area (Å²) in [4.78, 5) is 39.7. The number of likely N-dealkylation sites (N-methyl/N-ethyl adjacent to an activating group) is 1. The first-order valence-corrected chi connectivity index (χ1v) is 11.9. The van der Waals surface area contributed by atoms with Gasteiger partial charge in [-0.1, -0.05) is 6.07 Å². The second-order valence-electron chi connectivity index (χ2n) is 9.01. The fourth-order valence-electron chi connectivity index (χ4n) is 4.19. The zero-order chi connectivity index (χ0) is 25.7. The molecule has 0 aliphatic carbocycles. The van der Waals surface area contributed by atoms with Crippen LogP contribution in [0.3, 0.4) is 0 Å². The Morgan fingerprint density at radius 2 is 1.75 bits per heavy atom. The molecule has 0 radical (unpaired) electrons. The number of hydrogen-bond acceptors (Lipinski definition) is 8. The summed E-state index contributed by atoms with van der Waals surface area (Å²) in [6.45, 7) is 3.66. The normalized spacial score (nSPS) is 14.4. The van der Waals surface area contributed by atoms with Crippen LogP contribution in [0.4, 0.5) is 11.6 Å². The van der Waals surface area contributed by atoms with Crippen molar-refractivity contribution in [2.24, 2.45) is 0 Å². The van der Waals surface area contributed by atoms with Crippen molar-refractivity contribution in [1.29, 1.82) is 0 Å². The number of piperazine rings is 1. The van der Waals surface area contributed by atoms with Gasteiger partial charge in [-0.25, -0.2) is 9.97 Å². The summed E-state index contributed by atoms with van der Waals surface area (Å²) in [6.07, 6.45) is 1.70. The van der Waals surface area contributed by atoms with E-state index in [4.69, 9.17) is 4.74 Å². The minimum Gasteiger partial charge on any atom is -0.497 e. The number of methoxy groups -OCH3 is 1. The van der Waals surface area contributed by atoms with Crippen LogP contribution in [0.5, 0.6) is 5.75 Å². The molecule has 1 aromatic heterocycles. The first-order valence-electron chi connectivity index (χ1n) is 11.9. The number of aromatic nitrogens is 2. The Labute approximate surface area is 211 Å². The van der Waals surface area contributed by atoms with Crippen molar-refractivity contribution in [3.05, 3.63) is 42.6 Å². The molecule has 1 aliphatic rings. The summed E-state index contributed by atoms with van der Waals surface area (Å²) < 4.78 is 5.42. The Hall–Kier alpha value is -3.76. The zero-order valence-electron chi connectivity index (χ0n) is 21.2. The van der Waals surface area contributed by atoms with Crippen LogP contribution in [0.2, 0.25) is 0 Å². The number of carbonyl (C=O) groups is 2. The largest absolute Gasteiger partial charge is 0.497 e. The van der Waals surface area contributed by atoms with Crippen LogP contribution in [0.1, 0.15) is 0 Å². The van der Waals surface area contributed by atoms with Crippen molar-refractivity contribution in [3.63, 3.8) is 0 Å². The van der Waals surface area contributed by atoms with Gasteiger partial charge in [0.25, 0.3) is 0 Å². The topological polar surface area (TPSA) is 103 Å². The third kappa shape index (κ3) is 6.07. The van der Waals surface area contributed by atoms with Crippen molar-refractivity contribution in [3.8, 4) is 17.0 Å². The maximum Gasteiger partial charge on any atom is 0.238 e. The maximum absolute atomic E-state index is 13.1. The average molecular weight is 492 g/mol. The van der Waals surface area contributed by atoms with Gasteiger partial charge in [0.15, 0.2) is 0 Å². The van der Waals surface area contributed by atoms with E-state index < -0.39 is 0 Å². The van der Waals surface area contributed by atoms with Crippen LogP contribution in [0.25, 0.3) is 22.0 Å². The second-order valence-corrected chi connectivity index (χ2v) is 9.01. The van der Waals surface area contributed by atoms with E-state index >= 15 is 0 Å². The van der Waals surface area contributed by atoms with Crippen molar-refractivity contribution < 1.29 is 14.3 Å². The highest BCUT2D eigenvalue weighted by molar-refractivity contribution is 6.05. The first-order chi connectivity index (χ1) is 17.4. The monoisotopic (exact) mass is 491 g/mol. The van der Waals surface area contributed by atoms with Crippen molar-refractivity contribution >= 4 is 34.2 Å². The van der Waals surface area contributed by atoms with Gasteiger partial charge >= 0.3 is 0 Å². The lowest BCUT2D eigenvalue weighted by atomic mass is 10.0. The lowest BCUT2D eigenvalue weighted by Crippen LogP contribution is -2.50. The molecule has 3 aromatic rings. The van der Waals surface area contributed by atoms with Gasteiger partial charge in [-0.3, -0.25) is 19.4 Å². The molecule has 2 aromatic carbocycles. The zero-order valence-corrected chi connectivity index (χ0v) is 21.2. The molecule has 1 saturated heterocycles. The molecule has 0 spiro atoms. The fraction of sp³-hybridized carbons (Fsp3) is 0.385. The molecule has 1 aliphatic heterocycles. The summed E-state index contributed by atoms with van der Waals surface area (Å²) in [5.74, 6) is 1.24. The van der Waals surface area contributed by atoms with Crippen molar-refractivity contribution in [2.75, 3.05) is 78.2 Å². The van der Waals surface area contributed by atoms with E-state index in [2.05, 4.69) is 30.4 Å². The molecule has 10 heteroatoms. The fourth-order valence-corrected chi connectivity index (χ4v) is 4.19. The van der Waals surface area contributed by atoms with E-state index in [1.165, 1.54) is 0 Å². The minimum absolute atomic E-state index is 0.0901. The summed E-state index contributed by atoms with van der Waals surface area (Å²) in [5, 5.41) is 7.93. The molecular formula is C26H33N7O3. The standard InChI is InChI=1S/C26H33N7O3/c1-27-26-28-8-7-22(30-26)19-13-18-5-6-20(36-4)15-21(18)23(14-19)29-24(34)16-32-9-11-33(12-10-32)17-25(35)31(2)3/h5-8,13-15H,9-12,16-17H2,1-4H3,(H,29,34)(H,27,28,30). The lowest BCUT2D eigenvalue weighted by Gasteiger charge is -2.34. The van der Waals surface area contributed by atoms with E-state index in [1.807, 2.05) is 36.4 Å². The van der Waals surface area contributed by atoms with Gasteiger partial charge in [-0.15, -0.1) is 0 Å². The molecule has 190 valence electrons. The van der Waals surface area contributed by atoms with E-state index in [-0.39, 0.29) is 18.4 Å². The Morgan fingerprint density at radius 3 is 2.42 bits per heavy atom. The van der Waals surface area contributed by atoms with Crippen LogP contribution >= 0.6 is 0 Å². The summed E-state index contributed by atoms with van der Waals surface area (Å²) >= 11 is 0. The Balaban J connectivity index is 1.51. The number of nitrogens with zero attached hydrogens (tertiary/aromatic N) is 5. The van der Waals surface area contributed by atoms with Gasteiger partial charge in [0.2, 0.25) is 17.8 Å². The highest BCUT2D eigenvalue weighted by atomic mass is 16.5. The Kier molecular flexibility index (Phi) is 7.97. The number of carbonyl (C=O) groups excluding carboxylic acids is 2. The van der Waals surface area contributed by atoms with Gasteiger partial charge in [0.05, 0.1) is 25.9 Å². The molecule has 10 nitrogen and oxygen atoms in total. The number of benzene rings is 2. The molecule has 0 saturated carbocycles. The van der Waals surface area contributed by atoms with Crippen LogP contribution in [-0.2, 0) is 9.59 Å². The molecule has 2 heterocycles. The Bertz CT molecular complexity index is 1240. The number of hydrogen-bond donors (Lipinski definition) is 2. The highest BCUT2D eigenvalue weighted by Crippen LogP contribution is 2.33. The number of amides is 2. The molecule has 36 heavy (non-hydrogen) atoms. The van der Waals surface area contributed by atoms with E-state index in [0.717, 1.165) is 48.2 Å². The SMILES string of the molecule is CNc1nccc(-c2cc(NC(=O)CN3CCN(CC(=O)N(C)C)CC3)c3cc(OC)ccc3c2)n1. The van der Waals surface area contributed by atoms with Gasteiger partial charge in [-0.05, 0) is 35.7 Å². The molecule has 0 unspecified atom stereocenters. The third-order valence-electron chi connectivity index (χ3n) is 6.30. The average Bonchev–Trinajstić information content (AvgIpc) is 2.89. The molecule has 0 bridgehead atoms. The van der Waals surface area contributed by atoms with Crippen molar-refractivity contribution in [2.45, 2.75) is 0 Å². The summed E-state index contributed by atoms with van der Waals surface area (Å²) in [5.41, 5.74) is 2.33. The minimum atomic E-state index is -0.0901. The molecule has 1 fully saturated rings. The highest BCUT2D eigenvalue weighted by Gasteiger charge is 2.21. The van der Waals surface area contributed by atoms with Crippen LogP contribution in [0.15, 0.2) is 42.6 Å². The predicted octanol–water partition coefficient (Wildman–Crippen LogP) is 1.99. The van der Waals surface area contributed by atoms with Crippen LogP contribution in [-0.4, -0.2) is 104 Å². The first kappa shape index (κ1) is 25.3. The smallest absolute Gasteiger partial charge is 0.238 e. The number of nitrogens with one attached hydrogen (secondary N) is 2. The second kappa shape index (κ2) is 11.3. The van der Waals surface area contributed by atoms with Gasteiger partial charge < -0.3 is 20.3 Å². The Morgan fingerprint density at radius 1 is 1.03 bits per heavy atom. The quantitative estimate of drug-likeness (QED) is 0.493. The third-order valence-corrected chi connectivity index (χ3v) is 6.30. The molecule has 0 atom stereocenters. The summed E-state index contributed by atoms with van der Waals surface area (Å²) in [6, 6.07) is 11.6. The predicted molar refractivity (Wildman–Crippen MR) is 141 cm³/mol. The van der Waals surface area contributed by atoms with E-state index in [0.29, 0.717) is 23.9 Å². The van der Waals surface area contributed by atoms with E-state index in [9.17, 15) is 9.59 Å². The number of fused-ring (bicyclic) bond motifs is 1. The molecule has 2 amide bonds. The summed E-state index contributed by atoms with van der Waals surface area (Å²) in [7, 11) is 6.93. The van der Waals surface area contributed by atoms with Gasteiger partial charge in [0.1, 0.15) is 5.75 Å². The number of rotatable bonds is 8. The number of ether oxygens (including phenoxy) is 1. The van der Waals surface area contributed by atoms with Gasteiger partial charge in [-0.2, -0.15) is 0 Å². The maximum atomic E-state index is 13.1. The molecular weight excluding hydrogens is 458 g/mol. The lowest BCUT2D eigenvalue weighted by molar-refractivity contribution is -0.130. The number of anilines is 2. The van der Waals surface area contributed by atoms with Gasteiger partial charge in [0, 0.05) is 70.2 Å². The molecule has 4 rings (SSSR count). The van der Waals surface area contributed by atoms with Crippen LogP contribution in [0, 0.1) is 0 Å². The van der Waals surface area contributed by atoms with Crippen molar-refractivity contribution in [1.82, 2.24) is 24.7 Å². The van der Waals surface area contributed by atoms with Crippen LogP contribution < -0.4 is 15.4 Å².